The van der Waals surface area contributed by atoms with E-state index in [1.165, 1.54) is 12.1 Å². The lowest BCUT2D eigenvalue weighted by Gasteiger charge is -1.94. The molecular formula is C14H11N3O4. The monoisotopic (exact) mass is 285 g/mol. The Bertz CT molecular complexity index is 802. The van der Waals surface area contributed by atoms with E-state index in [9.17, 15) is 10.1 Å². The van der Waals surface area contributed by atoms with E-state index in [1.54, 1.807) is 12.1 Å². The van der Waals surface area contributed by atoms with Crippen molar-refractivity contribution in [2.45, 2.75) is 13.8 Å². The summed E-state index contributed by atoms with van der Waals surface area (Å²) in [4.78, 5) is 10.2. The molecule has 0 spiro atoms. The standard InChI is InChI=1S/C14H11N3O4/c1-8-7-12(9(2)20-8)14-16-15-13(21-14)10-3-5-11(6-4-10)17(18)19/h3-7H,1-2H3. The van der Waals surface area contributed by atoms with Gasteiger partial charge in [-0.25, -0.2) is 0 Å². The number of aryl methyl sites for hydroxylation is 2. The van der Waals surface area contributed by atoms with Gasteiger partial charge in [-0.1, -0.05) is 0 Å². The van der Waals surface area contributed by atoms with Crippen molar-refractivity contribution in [2.24, 2.45) is 0 Å². The molecule has 0 N–H and O–H groups in total. The first-order valence-corrected chi connectivity index (χ1v) is 6.20. The van der Waals surface area contributed by atoms with Crippen LogP contribution in [0.25, 0.3) is 22.9 Å². The highest BCUT2D eigenvalue weighted by Gasteiger charge is 2.16. The molecule has 0 aliphatic heterocycles. The van der Waals surface area contributed by atoms with E-state index >= 15 is 0 Å². The van der Waals surface area contributed by atoms with Crippen molar-refractivity contribution in [2.75, 3.05) is 0 Å². The van der Waals surface area contributed by atoms with Crippen LogP contribution in [0.15, 0.2) is 39.2 Å². The molecule has 3 rings (SSSR count). The molecule has 0 aliphatic carbocycles. The van der Waals surface area contributed by atoms with Gasteiger partial charge in [0.25, 0.3) is 11.6 Å². The van der Waals surface area contributed by atoms with Crippen molar-refractivity contribution in [3.63, 3.8) is 0 Å². The third-order valence-electron chi connectivity index (χ3n) is 3.02. The summed E-state index contributed by atoms with van der Waals surface area (Å²) in [5.74, 6) is 2.12. The van der Waals surface area contributed by atoms with Crippen LogP contribution in [-0.2, 0) is 0 Å². The predicted octanol–water partition coefficient (Wildman–Crippen LogP) is 3.52. The number of nitro groups is 1. The van der Waals surface area contributed by atoms with Crippen molar-refractivity contribution >= 4 is 5.69 Å². The Balaban J connectivity index is 1.94. The van der Waals surface area contributed by atoms with Crippen molar-refractivity contribution in [3.8, 4) is 22.9 Å². The molecule has 0 unspecified atom stereocenters. The van der Waals surface area contributed by atoms with Crippen molar-refractivity contribution in [1.29, 1.82) is 0 Å². The van der Waals surface area contributed by atoms with Gasteiger partial charge in [0.15, 0.2) is 0 Å². The molecule has 2 aromatic heterocycles. The molecule has 0 atom stereocenters. The number of nitro benzene ring substituents is 1. The van der Waals surface area contributed by atoms with Crippen LogP contribution in [0.3, 0.4) is 0 Å². The second kappa shape index (κ2) is 4.86. The fourth-order valence-corrected chi connectivity index (χ4v) is 2.02. The number of aromatic nitrogens is 2. The van der Waals surface area contributed by atoms with E-state index in [1.807, 2.05) is 19.9 Å². The molecule has 0 fully saturated rings. The molecule has 0 bridgehead atoms. The van der Waals surface area contributed by atoms with Crippen molar-refractivity contribution in [1.82, 2.24) is 10.2 Å². The van der Waals surface area contributed by atoms with Gasteiger partial charge in [-0.15, -0.1) is 10.2 Å². The maximum atomic E-state index is 10.6. The first-order valence-electron chi connectivity index (χ1n) is 6.20. The highest BCUT2D eigenvalue weighted by Crippen LogP contribution is 2.28. The van der Waals surface area contributed by atoms with E-state index < -0.39 is 4.92 Å². The Morgan fingerprint density at radius 3 is 2.29 bits per heavy atom. The van der Waals surface area contributed by atoms with Gasteiger partial charge in [0, 0.05) is 17.7 Å². The third kappa shape index (κ3) is 2.40. The number of hydrogen-bond acceptors (Lipinski definition) is 6. The lowest BCUT2D eigenvalue weighted by molar-refractivity contribution is -0.384. The number of furan rings is 1. The molecule has 0 radical (unpaired) electrons. The normalized spacial score (nSPS) is 10.8. The maximum Gasteiger partial charge on any atom is 0.269 e. The third-order valence-corrected chi connectivity index (χ3v) is 3.02. The minimum Gasteiger partial charge on any atom is -0.466 e. The summed E-state index contributed by atoms with van der Waals surface area (Å²) in [7, 11) is 0. The van der Waals surface area contributed by atoms with Crippen LogP contribution in [0.1, 0.15) is 11.5 Å². The van der Waals surface area contributed by atoms with E-state index in [0.29, 0.717) is 23.1 Å². The van der Waals surface area contributed by atoms with Crippen LogP contribution in [0.2, 0.25) is 0 Å². The number of non-ortho nitro benzene ring substituents is 1. The molecule has 0 saturated carbocycles. The zero-order chi connectivity index (χ0) is 15.0. The molecule has 0 amide bonds. The largest absolute Gasteiger partial charge is 0.466 e. The molecule has 7 heteroatoms. The summed E-state index contributed by atoms with van der Waals surface area (Å²) in [5.41, 5.74) is 1.38. The van der Waals surface area contributed by atoms with Crippen LogP contribution in [0, 0.1) is 24.0 Å². The van der Waals surface area contributed by atoms with Crippen LogP contribution in [0.5, 0.6) is 0 Å². The number of rotatable bonds is 3. The fourth-order valence-electron chi connectivity index (χ4n) is 2.02. The highest BCUT2D eigenvalue weighted by atomic mass is 16.6. The summed E-state index contributed by atoms with van der Waals surface area (Å²) in [6.45, 7) is 3.65. The van der Waals surface area contributed by atoms with Crippen LogP contribution >= 0.6 is 0 Å². The van der Waals surface area contributed by atoms with Gasteiger partial charge in [0.2, 0.25) is 5.89 Å². The van der Waals surface area contributed by atoms with Gasteiger partial charge >= 0.3 is 0 Å². The van der Waals surface area contributed by atoms with Gasteiger partial charge < -0.3 is 8.83 Å². The fraction of sp³-hybridized carbons (Fsp3) is 0.143. The van der Waals surface area contributed by atoms with E-state index in [2.05, 4.69) is 10.2 Å². The summed E-state index contributed by atoms with van der Waals surface area (Å²) in [6, 6.07) is 7.76. The quantitative estimate of drug-likeness (QED) is 0.539. The van der Waals surface area contributed by atoms with Gasteiger partial charge in [-0.2, -0.15) is 0 Å². The SMILES string of the molecule is Cc1cc(-c2nnc(-c3ccc([N+](=O)[O-])cc3)o2)c(C)o1. The highest BCUT2D eigenvalue weighted by molar-refractivity contribution is 5.60. The summed E-state index contributed by atoms with van der Waals surface area (Å²) in [5, 5.41) is 18.6. The van der Waals surface area contributed by atoms with E-state index in [0.717, 1.165) is 11.3 Å². The second-order valence-corrected chi connectivity index (χ2v) is 4.54. The Morgan fingerprint density at radius 2 is 1.71 bits per heavy atom. The Morgan fingerprint density at radius 1 is 1.05 bits per heavy atom. The average molecular weight is 285 g/mol. The van der Waals surface area contributed by atoms with E-state index in [4.69, 9.17) is 8.83 Å². The minimum absolute atomic E-state index is 0.0137. The van der Waals surface area contributed by atoms with Gasteiger partial charge in [0.05, 0.1) is 10.5 Å². The second-order valence-electron chi connectivity index (χ2n) is 4.54. The van der Waals surface area contributed by atoms with Crippen LogP contribution < -0.4 is 0 Å². The molecule has 2 heterocycles. The first kappa shape index (κ1) is 13.0. The molecular weight excluding hydrogens is 274 g/mol. The molecule has 0 saturated heterocycles. The van der Waals surface area contributed by atoms with Crippen LogP contribution in [0.4, 0.5) is 5.69 Å². The molecule has 7 nitrogen and oxygen atoms in total. The first-order chi connectivity index (χ1) is 10.0. The lowest BCUT2D eigenvalue weighted by Crippen LogP contribution is -1.87. The number of hydrogen-bond donors (Lipinski definition) is 0. The zero-order valence-corrected chi connectivity index (χ0v) is 11.4. The Hall–Kier alpha value is -2.96. The number of benzene rings is 1. The van der Waals surface area contributed by atoms with Gasteiger partial charge in [-0.3, -0.25) is 10.1 Å². The molecule has 0 aliphatic rings. The molecule has 1 aromatic carbocycles. The molecule has 3 aromatic rings. The lowest BCUT2D eigenvalue weighted by atomic mass is 10.2. The van der Waals surface area contributed by atoms with Gasteiger partial charge in [0.1, 0.15) is 11.5 Å². The smallest absolute Gasteiger partial charge is 0.269 e. The van der Waals surface area contributed by atoms with Crippen molar-refractivity contribution < 1.29 is 13.8 Å². The van der Waals surface area contributed by atoms with Gasteiger partial charge in [-0.05, 0) is 32.0 Å². The summed E-state index contributed by atoms with van der Waals surface area (Å²) >= 11 is 0. The predicted molar refractivity (Wildman–Crippen MR) is 73.6 cm³/mol. The summed E-state index contributed by atoms with van der Waals surface area (Å²) < 4.78 is 11.0. The molecule has 21 heavy (non-hydrogen) atoms. The Kier molecular flexibility index (Phi) is 3.02. The van der Waals surface area contributed by atoms with Crippen molar-refractivity contribution in [3.05, 3.63) is 52.0 Å². The Labute approximate surface area is 119 Å². The minimum atomic E-state index is -0.458. The van der Waals surface area contributed by atoms with E-state index in [-0.39, 0.29) is 5.69 Å². The molecule has 106 valence electrons. The summed E-state index contributed by atoms with van der Waals surface area (Å²) in [6.07, 6.45) is 0. The maximum absolute atomic E-state index is 10.6. The average Bonchev–Trinajstić information content (AvgIpc) is 3.05. The zero-order valence-electron chi connectivity index (χ0n) is 11.4. The topological polar surface area (TPSA) is 95.2 Å². The number of nitrogens with zero attached hydrogens (tertiary/aromatic N) is 3. The van der Waals surface area contributed by atoms with Crippen LogP contribution in [-0.4, -0.2) is 15.1 Å².